The van der Waals surface area contributed by atoms with Crippen LogP contribution in [-0.4, -0.2) is 26.9 Å². The van der Waals surface area contributed by atoms with E-state index in [0.29, 0.717) is 0 Å². The molecule has 1 heterocycles. The molecule has 84 valence electrons. The van der Waals surface area contributed by atoms with Crippen LogP contribution in [0.15, 0.2) is 12.3 Å². The Bertz CT molecular complexity index is 471. The minimum atomic E-state index is -1.46. The van der Waals surface area contributed by atoms with Gasteiger partial charge in [0.15, 0.2) is 0 Å². The van der Waals surface area contributed by atoms with Gasteiger partial charge in [0.05, 0.1) is 4.92 Å². The number of carbonyl (C=O) groups excluding carboxylic acids is 1. The van der Waals surface area contributed by atoms with Crippen LogP contribution in [0, 0.1) is 10.1 Å². The van der Waals surface area contributed by atoms with Gasteiger partial charge in [-0.3, -0.25) is 14.9 Å². The third-order valence-electron chi connectivity index (χ3n) is 1.63. The number of pyridine rings is 1. The molecule has 0 bridgehead atoms. The Morgan fingerprint density at radius 1 is 1.56 bits per heavy atom. The summed E-state index contributed by atoms with van der Waals surface area (Å²) in [7, 11) is 0. The number of nitro groups is 1. The first-order valence-electron chi connectivity index (χ1n) is 4.07. The molecule has 0 aliphatic rings. The number of carboxylic acid groups (broad SMARTS) is 1. The molecule has 1 aromatic heterocycles. The monoisotopic (exact) mass is 225 g/mol. The number of aromatic carboxylic acids is 1. The second-order valence-electron chi connectivity index (χ2n) is 2.80. The van der Waals surface area contributed by atoms with Crippen molar-refractivity contribution in [2.45, 2.75) is 6.92 Å². The maximum absolute atomic E-state index is 10.7. The lowest BCUT2D eigenvalue weighted by molar-refractivity contribution is -0.384. The molecule has 8 heteroatoms. The average Bonchev–Trinajstić information content (AvgIpc) is 2.15. The molecule has 0 atom stereocenters. The fourth-order valence-electron chi connectivity index (χ4n) is 1.07. The van der Waals surface area contributed by atoms with E-state index < -0.39 is 28.1 Å². The lowest BCUT2D eigenvalue weighted by Crippen LogP contribution is -2.12. The van der Waals surface area contributed by atoms with Crippen molar-refractivity contribution in [2.75, 3.05) is 5.32 Å². The summed E-state index contributed by atoms with van der Waals surface area (Å²) in [6, 6.07) is 0.992. The Morgan fingerprint density at radius 3 is 2.62 bits per heavy atom. The van der Waals surface area contributed by atoms with E-state index in [-0.39, 0.29) is 5.82 Å². The van der Waals surface area contributed by atoms with Crippen LogP contribution in [0.2, 0.25) is 0 Å². The molecule has 0 radical (unpaired) electrons. The van der Waals surface area contributed by atoms with Crippen molar-refractivity contribution in [3.05, 3.63) is 27.9 Å². The second-order valence-corrected chi connectivity index (χ2v) is 2.80. The molecular formula is C8H7N3O5. The van der Waals surface area contributed by atoms with Crippen LogP contribution in [0.5, 0.6) is 0 Å². The van der Waals surface area contributed by atoms with Gasteiger partial charge in [-0.15, -0.1) is 0 Å². The van der Waals surface area contributed by atoms with E-state index >= 15 is 0 Å². The molecular weight excluding hydrogens is 218 g/mol. The predicted octanol–water partition coefficient (Wildman–Crippen LogP) is 0.646. The fourth-order valence-corrected chi connectivity index (χ4v) is 1.07. The summed E-state index contributed by atoms with van der Waals surface area (Å²) in [5.41, 5.74) is -1.26. The SMILES string of the molecule is CC(=O)Nc1nccc(C(=O)O)c1[N+](=O)[O-]. The van der Waals surface area contributed by atoms with Crippen molar-refractivity contribution in [3.8, 4) is 0 Å². The first kappa shape index (κ1) is 11.6. The summed E-state index contributed by atoms with van der Waals surface area (Å²) in [5.74, 6) is -2.41. The summed E-state index contributed by atoms with van der Waals surface area (Å²) in [5, 5.41) is 21.5. The zero-order chi connectivity index (χ0) is 12.3. The zero-order valence-electron chi connectivity index (χ0n) is 8.13. The van der Waals surface area contributed by atoms with Gasteiger partial charge in [0.25, 0.3) is 0 Å². The Labute approximate surface area is 89.1 Å². The van der Waals surface area contributed by atoms with Crippen molar-refractivity contribution in [1.82, 2.24) is 4.98 Å². The molecule has 16 heavy (non-hydrogen) atoms. The van der Waals surface area contributed by atoms with Gasteiger partial charge in [-0.1, -0.05) is 0 Å². The Morgan fingerprint density at radius 2 is 2.19 bits per heavy atom. The van der Waals surface area contributed by atoms with Crippen LogP contribution in [0.3, 0.4) is 0 Å². The fraction of sp³-hybridized carbons (Fsp3) is 0.125. The van der Waals surface area contributed by atoms with Gasteiger partial charge < -0.3 is 10.4 Å². The molecule has 1 rings (SSSR count). The number of carboxylic acids is 1. The molecule has 1 amide bonds. The quantitative estimate of drug-likeness (QED) is 0.575. The minimum absolute atomic E-state index is 0.377. The van der Waals surface area contributed by atoms with Crippen molar-refractivity contribution in [2.24, 2.45) is 0 Å². The second kappa shape index (κ2) is 4.34. The number of nitrogens with zero attached hydrogens (tertiary/aromatic N) is 2. The highest BCUT2D eigenvalue weighted by molar-refractivity contribution is 5.98. The number of carbonyl (C=O) groups is 2. The first-order chi connectivity index (χ1) is 7.43. The lowest BCUT2D eigenvalue weighted by atomic mass is 10.2. The number of hydrogen-bond donors (Lipinski definition) is 2. The lowest BCUT2D eigenvalue weighted by Gasteiger charge is -2.03. The van der Waals surface area contributed by atoms with E-state index in [1.54, 1.807) is 0 Å². The van der Waals surface area contributed by atoms with Gasteiger partial charge >= 0.3 is 11.7 Å². The van der Waals surface area contributed by atoms with Gasteiger partial charge in [0.2, 0.25) is 11.7 Å². The van der Waals surface area contributed by atoms with Gasteiger partial charge in [0.1, 0.15) is 5.56 Å². The summed E-state index contributed by atoms with van der Waals surface area (Å²) < 4.78 is 0. The highest BCUT2D eigenvalue weighted by atomic mass is 16.6. The van der Waals surface area contributed by atoms with E-state index in [1.807, 2.05) is 0 Å². The maximum atomic E-state index is 10.7. The average molecular weight is 225 g/mol. The third kappa shape index (κ3) is 2.29. The number of aromatic nitrogens is 1. The van der Waals surface area contributed by atoms with Gasteiger partial charge in [0, 0.05) is 13.1 Å². The van der Waals surface area contributed by atoms with Crippen molar-refractivity contribution < 1.29 is 19.6 Å². The number of amides is 1. The molecule has 8 nitrogen and oxygen atoms in total. The maximum Gasteiger partial charge on any atom is 0.342 e. The highest BCUT2D eigenvalue weighted by Gasteiger charge is 2.25. The van der Waals surface area contributed by atoms with Gasteiger partial charge in [-0.25, -0.2) is 9.78 Å². The largest absolute Gasteiger partial charge is 0.477 e. The van der Waals surface area contributed by atoms with E-state index in [0.717, 1.165) is 19.2 Å². The Hall–Kier alpha value is -2.51. The van der Waals surface area contributed by atoms with E-state index in [2.05, 4.69) is 10.3 Å². The summed E-state index contributed by atoms with van der Waals surface area (Å²) in [6.45, 7) is 1.14. The van der Waals surface area contributed by atoms with Crippen LogP contribution in [0.1, 0.15) is 17.3 Å². The number of anilines is 1. The number of hydrogen-bond acceptors (Lipinski definition) is 5. The molecule has 0 spiro atoms. The Balaban J connectivity index is 3.38. The molecule has 0 unspecified atom stereocenters. The topological polar surface area (TPSA) is 122 Å². The predicted molar refractivity (Wildman–Crippen MR) is 52.2 cm³/mol. The third-order valence-corrected chi connectivity index (χ3v) is 1.63. The summed E-state index contributed by atoms with van der Waals surface area (Å²) in [6.07, 6.45) is 1.07. The summed E-state index contributed by atoms with van der Waals surface area (Å²) >= 11 is 0. The van der Waals surface area contributed by atoms with E-state index in [4.69, 9.17) is 5.11 Å². The van der Waals surface area contributed by atoms with Crippen molar-refractivity contribution in [3.63, 3.8) is 0 Å². The molecule has 2 N–H and O–H groups in total. The van der Waals surface area contributed by atoms with Gasteiger partial charge in [-0.2, -0.15) is 0 Å². The highest BCUT2D eigenvalue weighted by Crippen LogP contribution is 2.26. The molecule has 0 aromatic carbocycles. The molecule has 0 aliphatic carbocycles. The molecule has 0 fully saturated rings. The number of nitrogens with one attached hydrogen (secondary N) is 1. The molecule has 1 aromatic rings. The van der Waals surface area contributed by atoms with Crippen LogP contribution in [0.25, 0.3) is 0 Å². The standard InChI is InChI=1S/C8H7N3O5/c1-4(12)10-7-6(11(15)16)5(8(13)14)2-3-9-7/h2-3H,1H3,(H,13,14)(H,9,10,12). The zero-order valence-corrected chi connectivity index (χ0v) is 8.13. The molecule has 0 saturated carbocycles. The molecule has 0 saturated heterocycles. The normalized spacial score (nSPS) is 9.56. The van der Waals surface area contributed by atoms with Crippen molar-refractivity contribution >= 4 is 23.4 Å². The molecule has 0 aliphatic heterocycles. The van der Waals surface area contributed by atoms with Crippen LogP contribution >= 0.6 is 0 Å². The van der Waals surface area contributed by atoms with Crippen LogP contribution in [-0.2, 0) is 4.79 Å². The van der Waals surface area contributed by atoms with E-state index in [1.165, 1.54) is 0 Å². The Kier molecular flexibility index (Phi) is 3.14. The summed E-state index contributed by atoms with van der Waals surface area (Å²) in [4.78, 5) is 34.8. The first-order valence-corrected chi connectivity index (χ1v) is 4.07. The smallest absolute Gasteiger partial charge is 0.342 e. The van der Waals surface area contributed by atoms with Gasteiger partial charge in [-0.05, 0) is 6.07 Å². The van der Waals surface area contributed by atoms with Crippen LogP contribution in [0.4, 0.5) is 11.5 Å². The van der Waals surface area contributed by atoms with E-state index in [9.17, 15) is 19.7 Å². The van der Waals surface area contributed by atoms with Crippen molar-refractivity contribution in [1.29, 1.82) is 0 Å². The van der Waals surface area contributed by atoms with Crippen LogP contribution < -0.4 is 5.32 Å². The number of rotatable bonds is 3. The minimum Gasteiger partial charge on any atom is -0.477 e.